The van der Waals surface area contributed by atoms with Crippen LogP contribution in [0.5, 0.6) is 0 Å². The van der Waals surface area contributed by atoms with E-state index in [-0.39, 0.29) is 5.60 Å². The normalized spacial score (nSPS) is 24.9. The predicted octanol–water partition coefficient (Wildman–Crippen LogP) is 2.72. The molecule has 20 heavy (non-hydrogen) atoms. The van der Waals surface area contributed by atoms with Crippen molar-refractivity contribution in [1.29, 1.82) is 0 Å². The SMILES string of the molecule is COC1(C)CCCN(S(=O)(=O)c2ccc(CCCl)s2)C1. The number of halogens is 1. The first kappa shape index (κ1) is 16.2. The van der Waals surface area contributed by atoms with Crippen molar-refractivity contribution < 1.29 is 13.2 Å². The Hall–Kier alpha value is -0.140. The minimum absolute atomic E-state index is 0.387. The molecule has 1 aliphatic rings. The molecule has 0 aromatic carbocycles. The van der Waals surface area contributed by atoms with Crippen LogP contribution in [-0.4, -0.2) is 44.4 Å². The highest BCUT2D eigenvalue weighted by Gasteiger charge is 2.37. The molecule has 0 bridgehead atoms. The summed E-state index contributed by atoms with van der Waals surface area (Å²) in [4.78, 5) is 1.00. The van der Waals surface area contributed by atoms with E-state index in [1.807, 2.05) is 13.0 Å². The van der Waals surface area contributed by atoms with Gasteiger partial charge < -0.3 is 4.74 Å². The van der Waals surface area contributed by atoms with Crippen LogP contribution in [-0.2, 0) is 21.2 Å². The van der Waals surface area contributed by atoms with E-state index in [1.54, 1.807) is 13.2 Å². The minimum Gasteiger partial charge on any atom is -0.377 e. The van der Waals surface area contributed by atoms with Crippen LogP contribution in [0.25, 0.3) is 0 Å². The number of hydrogen-bond acceptors (Lipinski definition) is 4. The van der Waals surface area contributed by atoms with Gasteiger partial charge in [-0.2, -0.15) is 4.31 Å². The quantitative estimate of drug-likeness (QED) is 0.776. The molecule has 0 N–H and O–H groups in total. The smallest absolute Gasteiger partial charge is 0.252 e. The van der Waals surface area contributed by atoms with Crippen LogP contribution in [0.4, 0.5) is 0 Å². The summed E-state index contributed by atoms with van der Waals surface area (Å²) >= 11 is 7.01. The zero-order valence-electron chi connectivity index (χ0n) is 11.8. The third kappa shape index (κ3) is 3.36. The van der Waals surface area contributed by atoms with Crippen molar-refractivity contribution in [3.05, 3.63) is 17.0 Å². The molecule has 4 nitrogen and oxygen atoms in total. The second kappa shape index (κ2) is 6.32. The third-order valence-corrected chi connectivity index (χ3v) is 7.34. The highest BCUT2D eigenvalue weighted by Crippen LogP contribution is 2.31. The molecule has 2 heterocycles. The number of alkyl halides is 1. The van der Waals surface area contributed by atoms with Gasteiger partial charge in [0.1, 0.15) is 4.21 Å². The van der Waals surface area contributed by atoms with Crippen molar-refractivity contribution in [3.63, 3.8) is 0 Å². The monoisotopic (exact) mass is 337 g/mol. The van der Waals surface area contributed by atoms with E-state index >= 15 is 0 Å². The standard InChI is InChI=1S/C13H20ClNO3S2/c1-13(18-2)7-3-9-15(10-13)20(16,17)12-5-4-11(19-12)6-8-14/h4-5H,3,6-10H2,1-2H3. The summed E-state index contributed by atoms with van der Waals surface area (Å²) in [6.45, 7) is 2.93. The van der Waals surface area contributed by atoms with E-state index in [9.17, 15) is 8.42 Å². The molecule has 7 heteroatoms. The Balaban J connectivity index is 2.20. The Kier molecular flexibility index (Phi) is 5.13. The Morgan fingerprint density at radius 2 is 2.25 bits per heavy atom. The summed E-state index contributed by atoms with van der Waals surface area (Å²) in [5.41, 5.74) is -0.387. The molecule has 0 amide bonds. The molecule has 0 saturated carbocycles. The van der Waals surface area contributed by atoms with Crippen molar-refractivity contribution in [2.45, 2.75) is 36.0 Å². The molecule has 0 aliphatic carbocycles. The number of aryl methyl sites for hydroxylation is 1. The van der Waals surface area contributed by atoms with E-state index in [4.69, 9.17) is 16.3 Å². The van der Waals surface area contributed by atoms with Crippen molar-refractivity contribution in [1.82, 2.24) is 4.31 Å². The number of thiophene rings is 1. The average molecular weight is 338 g/mol. The molecule has 2 rings (SSSR count). The van der Waals surface area contributed by atoms with Crippen molar-refractivity contribution >= 4 is 33.0 Å². The first-order valence-corrected chi connectivity index (χ1v) is 9.40. The fourth-order valence-electron chi connectivity index (χ4n) is 2.38. The molecule has 1 aromatic rings. The van der Waals surface area contributed by atoms with Crippen LogP contribution in [0.1, 0.15) is 24.6 Å². The lowest BCUT2D eigenvalue weighted by molar-refractivity contribution is -0.0319. The maximum Gasteiger partial charge on any atom is 0.252 e. The molecule has 0 radical (unpaired) electrons. The average Bonchev–Trinajstić information content (AvgIpc) is 2.89. The maximum atomic E-state index is 12.7. The topological polar surface area (TPSA) is 46.6 Å². The number of rotatable bonds is 5. The molecule has 114 valence electrons. The number of sulfonamides is 1. The van der Waals surface area contributed by atoms with E-state index in [0.29, 0.717) is 29.6 Å². The number of hydrogen-bond donors (Lipinski definition) is 0. The summed E-state index contributed by atoms with van der Waals surface area (Å²) < 4.78 is 32.7. The minimum atomic E-state index is -3.41. The fourth-order valence-corrected chi connectivity index (χ4v) is 5.80. The van der Waals surface area contributed by atoms with Crippen LogP contribution < -0.4 is 0 Å². The van der Waals surface area contributed by atoms with Crippen LogP contribution in [0, 0.1) is 0 Å². The summed E-state index contributed by atoms with van der Waals surface area (Å²) in [6, 6.07) is 3.53. The fraction of sp³-hybridized carbons (Fsp3) is 0.692. The van der Waals surface area contributed by atoms with Gasteiger partial charge in [0, 0.05) is 31.0 Å². The molecule has 0 spiro atoms. The second-order valence-corrected chi connectivity index (χ2v) is 8.97. The summed E-state index contributed by atoms with van der Waals surface area (Å²) in [6.07, 6.45) is 2.42. The summed E-state index contributed by atoms with van der Waals surface area (Å²) in [5.74, 6) is 0.505. The van der Waals surface area contributed by atoms with Crippen molar-refractivity contribution in [3.8, 4) is 0 Å². The van der Waals surface area contributed by atoms with Gasteiger partial charge in [0.15, 0.2) is 0 Å². The van der Waals surface area contributed by atoms with Gasteiger partial charge >= 0.3 is 0 Å². The van der Waals surface area contributed by atoms with Gasteiger partial charge in [-0.25, -0.2) is 8.42 Å². The lowest BCUT2D eigenvalue weighted by atomic mass is 9.96. The van der Waals surface area contributed by atoms with Gasteiger partial charge in [-0.15, -0.1) is 22.9 Å². The first-order chi connectivity index (χ1) is 9.41. The molecule has 1 aromatic heterocycles. The maximum absolute atomic E-state index is 12.7. The van der Waals surface area contributed by atoms with Crippen LogP contribution in [0.15, 0.2) is 16.3 Å². The van der Waals surface area contributed by atoms with Crippen LogP contribution in [0.3, 0.4) is 0 Å². The van der Waals surface area contributed by atoms with Gasteiger partial charge in [0.2, 0.25) is 0 Å². The largest absolute Gasteiger partial charge is 0.377 e. The summed E-state index contributed by atoms with van der Waals surface area (Å²) in [7, 11) is -1.77. The van der Waals surface area contributed by atoms with E-state index in [2.05, 4.69) is 0 Å². The molecular formula is C13H20ClNO3S2. The Morgan fingerprint density at radius 1 is 1.50 bits per heavy atom. The number of nitrogens with zero attached hydrogens (tertiary/aromatic N) is 1. The van der Waals surface area contributed by atoms with Gasteiger partial charge in [0.05, 0.1) is 5.60 Å². The zero-order chi connectivity index (χ0) is 14.8. The Labute approximate surface area is 129 Å². The van der Waals surface area contributed by atoms with E-state index in [0.717, 1.165) is 17.7 Å². The molecule has 1 unspecified atom stereocenters. The highest BCUT2D eigenvalue weighted by molar-refractivity contribution is 7.91. The van der Waals surface area contributed by atoms with Crippen LogP contribution >= 0.6 is 22.9 Å². The van der Waals surface area contributed by atoms with Crippen LogP contribution in [0.2, 0.25) is 0 Å². The predicted molar refractivity (Wildman–Crippen MR) is 82.1 cm³/mol. The van der Waals surface area contributed by atoms with E-state index in [1.165, 1.54) is 15.6 Å². The Morgan fingerprint density at radius 3 is 2.90 bits per heavy atom. The molecule has 1 aliphatic heterocycles. The molecule has 1 saturated heterocycles. The Bertz CT molecular complexity index is 558. The van der Waals surface area contributed by atoms with E-state index < -0.39 is 10.0 Å². The van der Waals surface area contributed by atoms with Crippen molar-refractivity contribution in [2.24, 2.45) is 0 Å². The second-order valence-electron chi connectivity index (χ2n) is 5.26. The molecular weight excluding hydrogens is 318 g/mol. The molecule has 1 fully saturated rings. The van der Waals surface area contributed by atoms with Crippen molar-refractivity contribution in [2.75, 3.05) is 26.1 Å². The lowest BCUT2D eigenvalue weighted by Gasteiger charge is -2.38. The van der Waals surface area contributed by atoms with Gasteiger partial charge in [-0.1, -0.05) is 0 Å². The number of ether oxygens (including phenoxy) is 1. The van der Waals surface area contributed by atoms with Gasteiger partial charge in [-0.05, 0) is 38.3 Å². The zero-order valence-corrected chi connectivity index (χ0v) is 14.2. The van der Waals surface area contributed by atoms with Gasteiger partial charge in [-0.3, -0.25) is 0 Å². The van der Waals surface area contributed by atoms with Gasteiger partial charge in [0.25, 0.3) is 10.0 Å². The number of piperidine rings is 1. The first-order valence-electron chi connectivity index (χ1n) is 6.61. The summed E-state index contributed by atoms with van der Waals surface area (Å²) in [5, 5.41) is 0. The number of methoxy groups -OCH3 is 1. The highest BCUT2D eigenvalue weighted by atomic mass is 35.5. The lowest BCUT2D eigenvalue weighted by Crippen LogP contribution is -2.49. The molecule has 1 atom stereocenters. The third-order valence-electron chi connectivity index (χ3n) is 3.69.